The number of sulfone groups is 1. The van der Waals surface area contributed by atoms with E-state index < -0.39 is 9.84 Å². The summed E-state index contributed by atoms with van der Waals surface area (Å²) in [5, 5.41) is 9.32. The molecule has 1 aromatic rings. The van der Waals surface area contributed by atoms with Gasteiger partial charge in [0.2, 0.25) is 0 Å². The molecule has 0 radical (unpaired) electrons. The largest absolute Gasteiger partial charge is 0.379 e. The molecule has 0 aliphatic carbocycles. The van der Waals surface area contributed by atoms with Crippen molar-refractivity contribution in [3.05, 3.63) is 5.82 Å². The molecule has 124 valence electrons. The molecule has 0 bridgehead atoms. The van der Waals surface area contributed by atoms with Crippen molar-refractivity contribution in [2.75, 3.05) is 50.1 Å². The van der Waals surface area contributed by atoms with E-state index in [4.69, 9.17) is 4.74 Å². The Balaban J connectivity index is 1.54. The van der Waals surface area contributed by atoms with Crippen molar-refractivity contribution in [1.29, 1.82) is 0 Å². The van der Waals surface area contributed by atoms with Gasteiger partial charge in [-0.2, -0.15) is 0 Å². The van der Waals surface area contributed by atoms with Crippen LogP contribution in [0.3, 0.4) is 0 Å². The number of hydrogen-bond donors (Lipinski definition) is 0. The highest BCUT2D eigenvalue weighted by atomic mass is 32.2. The van der Waals surface area contributed by atoms with Crippen molar-refractivity contribution in [2.45, 2.75) is 17.5 Å². The van der Waals surface area contributed by atoms with Gasteiger partial charge in [0, 0.05) is 38.4 Å². The van der Waals surface area contributed by atoms with Crippen LogP contribution in [0.4, 0.5) is 0 Å². The van der Waals surface area contributed by atoms with E-state index in [0.717, 1.165) is 49.6 Å². The molecule has 2 aliphatic heterocycles. The van der Waals surface area contributed by atoms with Gasteiger partial charge in [-0.3, -0.25) is 4.90 Å². The Labute approximate surface area is 135 Å². The van der Waals surface area contributed by atoms with Crippen molar-refractivity contribution in [3.8, 4) is 0 Å². The average molecular weight is 346 g/mol. The maximum absolute atomic E-state index is 11.6. The zero-order valence-electron chi connectivity index (χ0n) is 12.8. The van der Waals surface area contributed by atoms with Crippen molar-refractivity contribution in [2.24, 2.45) is 7.05 Å². The third kappa shape index (κ3) is 3.81. The minimum Gasteiger partial charge on any atom is -0.379 e. The molecule has 1 atom stereocenters. The minimum atomic E-state index is -2.89. The summed E-state index contributed by atoms with van der Waals surface area (Å²) in [6, 6.07) is 0. The fourth-order valence-electron chi connectivity index (χ4n) is 2.90. The first-order chi connectivity index (χ1) is 10.6. The summed E-state index contributed by atoms with van der Waals surface area (Å²) in [6.45, 7) is 4.62. The van der Waals surface area contributed by atoms with E-state index in [9.17, 15) is 8.42 Å². The molecule has 2 saturated heterocycles. The van der Waals surface area contributed by atoms with Gasteiger partial charge in [-0.25, -0.2) is 8.42 Å². The van der Waals surface area contributed by atoms with Crippen LogP contribution in [-0.2, 0) is 21.6 Å². The number of hydrogen-bond acceptors (Lipinski definition) is 7. The number of thioether (sulfide) groups is 1. The van der Waals surface area contributed by atoms with Crippen LogP contribution in [0.25, 0.3) is 0 Å². The lowest BCUT2D eigenvalue weighted by Gasteiger charge is -2.26. The van der Waals surface area contributed by atoms with E-state index in [1.807, 2.05) is 11.6 Å². The zero-order valence-corrected chi connectivity index (χ0v) is 14.4. The average Bonchev–Trinajstić information content (AvgIpc) is 3.03. The van der Waals surface area contributed by atoms with Crippen molar-refractivity contribution < 1.29 is 13.2 Å². The van der Waals surface area contributed by atoms with E-state index in [0.29, 0.717) is 6.42 Å². The molecule has 0 saturated carbocycles. The Morgan fingerprint density at radius 1 is 1.32 bits per heavy atom. The summed E-state index contributed by atoms with van der Waals surface area (Å²) < 4.78 is 30.5. The second-order valence-corrected chi connectivity index (χ2v) is 9.09. The van der Waals surface area contributed by atoms with Gasteiger partial charge in [-0.1, -0.05) is 11.8 Å². The molecule has 22 heavy (non-hydrogen) atoms. The summed E-state index contributed by atoms with van der Waals surface area (Å²) in [7, 11) is -0.961. The highest BCUT2D eigenvalue weighted by Gasteiger charge is 2.32. The van der Waals surface area contributed by atoms with Gasteiger partial charge in [0.15, 0.2) is 15.0 Å². The minimum absolute atomic E-state index is 0.00362. The highest BCUT2D eigenvalue weighted by molar-refractivity contribution is 7.99. The maximum atomic E-state index is 11.6. The molecule has 9 heteroatoms. The first kappa shape index (κ1) is 16.2. The maximum Gasteiger partial charge on any atom is 0.191 e. The third-order valence-corrected chi connectivity index (χ3v) is 6.98. The second-order valence-electron chi connectivity index (χ2n) is 5.80. The molecule has 1 aromatic heterocycles. The molecule has 0 spiro atoms. The molecule has 7 nitrogen and oxygen atoms in total. The number of aromatic nitrogens is 3. The van der Waals surface area contributed by atoms with Gasteiger partial charge < -0.3 is 9.30 Å². The van der Waals surface area contributed by atoms with E-state index in [1.54, 1.807) is 11.8 Å². The van der Waals surface area contributed by atoms with Crippen molar-refractivity contribution >= 4 is 21.6 Å². The summed E-state index contributed by atoms with van der Waals surface area (Å²) >= 11 is 1.68. The van der Waals surface area contributed by atoms with Gasteiger partial charge in [-0.15, -0.1) is 10.2 Å². The molecule has 3 rings (SSSR count). The highest BCUT2D eigenvalue weighted by Crippen LogP contribution is 2.29. The molecule has 0 aromatic carbocycles. The van der Waals surface area contributed by atoms with Gasteiger partial charge in [0.25, 0.3) is 0 Å². The van der Waals surface area contributed by atoms with E-state index in [2.05, 4.69) is 15.1 Å². The standard InChI is InChI=1S/C13H22N4O3S2/c1-16-12(11-2-9-22(18,19)10-11)14-15-13(16)21-8-5-17-3-6-20-7-4-17/h11H,2-10H2,1H3/t11-/m0/s1. The van der Waals surface area contributed by atoms with E-state index in [-0.39, 0.29) is 17.4 Å². The molecule has 2 aliphatic rings. The van der Waals surface area contributed by atoms with Crippen LogP contribution in [0.2, 0.25) is 0 Å². The van der Waals surface area contributed by atoms with Gasteiger partial charge in [-0.05, 0) is 6.42 Å². The van der Waals surface area contributed by atoms with Crippen LogP contribution in [0.5, 0.6) is 0 Å². The summed E-state index contributed by atoms with van der Waals surface area (Å²) in [5.41, 5.74) is 0. The number of nitrogens with zero attached hydrogens (tertiary/aromatic N) is 4. The lowest BCUT2D eigenvalue weighted by atomic mass is 10.1. The van der Waals surface area contributed by atoms with Crippen LogP contribution >= 0.6 is 11.8 Å². The molecule has 3 heterocycles. The van der Waals surface area contributed by atoms with E-state index >= 15 is 0 Å². The summed E-state index contributed by atoms with van der Waals surface area (Å²) in [4.78, 5) is 2.39. The number of morpholine rings is 1. The molecule has 0 N–H and O–H groups in total. The number of rotatable bonds is 5. The zero-order chi connectivity index (χ0) is 15.6. The van der Waals surface area contributed by atoms with Crippen LogP contribution in [0.1, 0.15) is 18.2 Å². The van der Waals surface area contributed by atoms with Gasteiger partial charge in [0.1, 0.15) is 5.82 Å². The lowest BCUT2D eigenvalue weighted by molar-refractivity contribution is 0.0410. The quantitative estimate of drug-likeness (QED) is 0.702. The van der Waals surface area contributed by atoms with Crippen LogP contribution in [0, 0.1) is 0 Å². The lowest BCUT2D eigenvalue weighted by Crippen LogP contribution is -2.37. The molecule has 0 unspecified atom stereocenters. The van der Waals surface area contributed by atoms with Gasteiger partial charge in [0.05, 0.1) is 24.7 Å². The predicted octanol–water partition coefficient (Wildman–Crippen LogP) is 0.142. The Bertz CT molecular complexity index is 611. The monoisotopic (exact) mass is 346 g/mol. The smallest absolute Gasteiger partial charge is 0.191 e. The summed E-state index contributed by atoms with van der Waals surface area (Å²) in [6.07, 6.45) is 0.659. The fraction of sp³-hybridized carbons (Fsp3) is 0.846. The van der Waals surface area contributed by atoms with Gasteiger partial charge >= 0.3 is 0 Å². The second kappa shape index (κ2) is 6.86. The first-order valence-corrected chi connectivity index (χ1v) is 10.4. The number of ether oxygens (including phenoxy) is 1. The Kier molecular flexibility index (Phi) is 5.06. The topological polar surface area (TPSA) is 77.3 Å². The molecule has 0 amide bonds. The van der Waals surface area contributed by atoms with Crippen molar-refractivity contribution in [1.82, 2.24) is 19.7 Å². The molecule has 2 fully saturated rings. The molecular weight excluding hydrogens is 324 g/mol. The summed E-state index contributed by atoms with van der Waals surface area (Å²) in [5.74, 6) is 2.22. The Morgan fingerprint density at radius 2 is 2.09 bits per heavy atom. The van der Waals surface area contributed by atoms with Crippen molar-refractivity contribution in [3.63, 3.8) is 0 Å². The van der Waals surface area contributed by atoms with Crippen LogP contribution in [-0.4, -0.2) is 78.2 Å². The Hall–Kier alpha value is -0.640. The fourth-order valence-corrected chi connectivity index (χ4v) is 5.55. The first-order valence-electron chi connectivity index (χ1n) is 7.58. The van der Waals surface area contributed by atoms with E-state index in [1.165, 1.54) is 0 Å². The third-order valence-electron chi connectivity index (χ3n) is 4.21. The Morgan fingerprint density at radius 3 is 2.77 bits per heavy atom. The SMILES string of the molecule is Cn1c(SCCN2CCOCC2)nnc1[C@H]1CCS(=O)(=O)C1. The normalized spacial score (nSPS) is 25.6. The van der Waals surface area contributed by atoms with Crippen LogP contribution < -0.4 is 0 Å². The molecular formula is C13H22N4O3S2. The predicted molar refractivity (Wildman–Crippen MR) is 85.0 cm³/mol. The van der Waals surface area contributed by atoms with Crippen LogP contribution in [0.15, 0.2) is 5.16 Å².